The average molecular weight is 420 g/mol. The van der Waals surface area contributed by atoms with Crippen LogP contribution >= 0.6 is 11.8 Å². The van der Waals surface area contributed by atoms with E-state index < -0.39 is 5.25 Å². The molecule has 152 valence electrons. The van der Waals surface area contributed by atoms with Gasteiger partial charge in [-0.05, 0) is 44.0 Å². The Balaban J connectivity index is 1.41. The van der Waals surface area contributed by atoms with Gasteiger partial charge >= 0.3 is 0 Å². The van der Waals surface area contributed by atoms with Crippen LogP contribution in [0, 0.1) is 0 Å². The maximum absolute atomic E-state index is 13.2. The van der Waals surface area contributed by atoms with Crippen LogP contribution in [0.4, 0.5) is 11.4 Å². The number of rotatable bonds is 5. The summed E-state index contributed by atoms with van der Waals surface area (Å²) in [7, 11) is 0. The Kier molecular flexibility index (Phi) is 4.74. The van der Waals surface area contributed by atoms with Crippen LogP contribution in [0.15, 0.2) is 53.9 Å². The maximum atomic E-state index is 13.2. The van der Waals surface area contributed by atoms with E-state index in [0.29, 0.717) is 22.6 Å². The van der Waals surface area contributed by atoms with Crippen molar-refractivity contribution in [2.75, 3.05) is 16.8 Å². The van der Waals surface area contributed by atoms with Gasteiger partial charge in [-0.25, -0.2) is 0 Å². The molecule has 3 aromatic rings. The molecule has 0 spiro atoms. The van der Waals surface area contributed by atoms with Crippen molar-refractivity contribution in [2.24, 2.45) is 0 Å². The summed E-state index contributed by atoms with van der Waals surface area (Å²) >= 11 is 1.38. The van der Waals surface area contributed by atoms with E-state index >= 15 is 0 Å². The second-order valence-electron chi connectivity index (χ2n) is 7.40. The molecule has 1 atom stereocenters. The number of para-hydroxylation sites is 2. The molecule has 0 bridgehead atoms. The Morgan fingerprint density at radius 3 is 2.80 bits per heavy atom. The normalized spacial score (nSPS) is 16.7. The number of amides is 2. The molecule has 1 N–H and O–H groups in total. The third-order valence-electron chi connectivity index (χ3n) is 5.16. The second-order valence-corrected chi connectivity index (χ2v) is 8.71. The molecule has 0 unspecified atom stereocenters. The fraction of sp³-hybridized carbons (Fsp3) is 0.286. The van der Waals surface area contributed by atoms with Crippen molar-refractivity contribution < 1.29 is 9.59 Å². The van der Waals surface area contributed by atoms with Crippen molar-refractivity contribution in [3.63, 3.8) is 0 Å². The lowest BCUT2D eigenvalue weighted by molar-refractivity contribution is -0.121. The average Bonchev–Trinajstić information content (AvgIpc) is 3.53. The SMILES string of the molecule is C[C@@H](Sc1nnc(-c2cccnc2)n1C1CC1)C(=O)N1CC(=O)Nc2ccccc21. The Labute approximate surface area is 177 Å². The molecular formula is C21H20N6O2S. The van der Waals surface area contributed by atoms with E-state index in [1.54, 1.807) is 23.4 Å². The summed E-state index contributed by atoms with van der Waals surface area (Å²) in [5.74, 6) is 0.449. The number of pyridine rings is 1. The van der Waals surface area contributed by atoms with Gasteiger partial charge < -0.3 is 5.32 Å². The topological polar surface area (TPSA) is 93.0 Å². The van der Waals surface area contributed by atoms with Gasteiger partial charge in [-0.1, -0.05) is 23.9 Å². The van der Waals surface area contributed by atoms with E-state index in [0.717, 1.165) is 24.2 Å². The van der Waals surface area contributed by atoms with Crippen molar-refractivity contribution in [3.8, 4) is 11.4 Å². The van der Waals surface area contributed by atoms with E-state index in [-0.39, 0.29) is 18.4 Å². The molecule has 5 rings (SSSR count). The summed E-state index contributed by atoms with van der Waals surface area (Å²) in [5.41, 5.74) is 2.28. The van der Waals surface area contributed by atoms with Gasteiger partial charge in [-0.3, -0.25) is 24.0 Å². The van der Waals surface area contributed by atoms with Crippen molar-refractivity contribution in [1.29, 1.82) is 0 Å². The summed E-state index contributed by atoms with van der Waals surface area (Å²) in [6, 6.07) is 11.5. The zero-order valence-electron chi connectivity index (χ0n) is 16.4. The third-order valence-corrected chi connectivity index (χ3v) is 6.21. The first-order valence-corrected chi connectivity index (χ1v) is 10.7. The molecule has 0 radical (unpaired) electrons. The summed E-state index contributed by atoms with van der Waals surface area (Å²) < 4.78 is 2.11. The quantitative estimate of drug-likeness (QED) is 0.638. The molecule has 30 heavy (non-hydrogen) atoms. The van der Waals surface area contributed by atoms with Crippen LogP contribution in [0.5, 0.6) is 0 Å². The summed E-state index contributed by atoms with van der Waals surface area (Å²) in [6.45, 7) is 1.86. The van der Waals surface area contributed by atoms with E-state index in [4.69, 9.17) is 0 Å². The molecule has 3 heterocycles. The molecule has 0 saturated heterocycles. The van der Waals surface area contributed by atoms with E-state index in [9.17, 15) is 9.59 Å². The minimum Gasteiger partial charge on any atom is -0.323 e. The lowest BCUT2D eigenvalue weighted by atomic mass is 10.2. The molecule has 1 aromatic carbocycles. The van der Waals surface area contributed by atoms with Gasteiger partial charge in [-0.2, -0.15) is 0 Å². The van der Waals surface area contributed by atoms with Crippen LogP contribution < -0.4 is 10.2 Å². The number of carbonyl (C=O) groups excluding carboxylic acids is 2. The van der Waals surface area contributed by atoms with Crippen molar-refractivity contribution >= 4 is 35.0 Å². The molecule has 1 aliphatic heterocycles. The molecule has 2 aromatic heterocycles. The number of benzene rings is 1. The number of thioether (sulfide) groups is 1. The molecular weight excluding hydrogens is 400 g/mol. The van der Waals surface area contributed by atoms with Crippen LogP contribution in [-0.4, -0.2) is 43.4 Å². The lowest BCUT2D eigenvalue weighted by Gasteiger charge is -2.30. The predicted octanol–water partition coefficient (Wildman–Crippen LogP) is 3.14. The van der Waals surface area contributed by atoms with Crippen LogP contribution in [0.3, 0.4) is 0 Å². The van der Waals surface area contributed by atoms with Gasteiger partial charge in [0.2, 0.25) is 11.8 Å². The summed E-state index contributed by atoms with van der Waals surface area (Å²) in [4.78, 5) is 31.1. The molecule has 2 aliphatic rings. The number of hydrogen-bond donors (Lipinski definition) is 1. The standard InChI is InChI=1S/C21H20N6O2S/c1-13(20(29)26-12-18(28)23-16-6-2-3-7-17(16)26)30-21-25-24-19(27(21)15-8-9-15)14-5-4-10-22-11-14/h2-7,10-11,13,15H,8-9,12H2,1H3,(H,23,28)/t13-/m1/s1. The van der Waals surface area contributed by atoms with Crippen molar-refractivity contribution in [1.82, 2.24) is 19.7 Å². The van der Waals surface area contributed by atoms with Crippen LogP contribution in [0.2, 0.25) is 0 Å². The fourth-order valence-corrected chi connectivity index (χ4v) is 4.55. The van der Waals surface area contributed by atoms with Gasteiger partial charge in [0.15, 0.2) is 11.0 Å². The number of nitrogens with one attached hydrogen (secondary N) is 1. The smallest absolute Gasteiger partial charge is 0.244 e. The fourth-order valence-electron chi connectivity index (χ4n) is 3.57. The highest BCUT2D eigenvalue weighted by Crippen LogP contribution is 2.42. The van der Waals surface area contributed by atoms with Crippen molar-refractivity contribution in [3.05, 3.63) is 48.8 Å². The van der Waals surface area contributed by atoms with E-state index in [1.807, 2.05) is 37.3 Å². The van der Waals surface area contributed by atoms with Gasteiger partial charge in [0.05, 0.1) is 16.6 Å². The van der Waals surface area contributed by atoms with E-state index in [2.05, 4.69) is 25.1 Å². The Morgan fingerprint density at radius 2 is 2.03 bits per heavy atom. The Morgan fingerprint density at radius 1 is 1.20 bits per heavy atom. The lowest BCUT2D eigenvalue weighted by Crippen LogP contribution is -2.45. The number of anilines is 2. The van der Waals surface area contributed by atoms with Gasteiger partial charge in [0.25, 0.3) is 0 Å². The van der Waals surface area contributed by atoms with E-state index in [1.165, 1.54) is 11.8 Å². The minimum absolute atomic E-state index is 0.0109. The van der Waals surface area contributed by atoms with Gasteiger partial charge in [0, 0.05) is 24.0 Å². The number of aromatic nitrogens is 4. The molecule has 1 fully saturated rings. The highest BCUT2D eigenvalue weighted by molar-refractivity contribution is 8.00. The number of hydrogen-bond acceptors (Lipinski definition) is 6. The highest BCUT2D eigenvalue weighted by Gasteiger charge is 2.34. The highest BCUT2D eigenvalue weighted by atomic mass is 32.2. The second kappa shape index (κ2) is 7.56. The zero-order valence-corrected chi connectivity index (χ0v) is 17.2. The van der Waals surface area contributed by atoms with Crippen LogP contribution in [0.1, 0.15) is 25.8 Å². The first-order valence-electron chi connectivity index (χ1n) is 9.84. The number of nitrogens with zero attached hydrogens (tertiary/aromatic N) is 5. The Hall–Kier alpha value is -3.20. The Bertz CT molecular complexity index is 1110. The number of fused-ring (bicyclic) bond motifs is 1. The van der Waals surface area contributed by atoms with Crippen LogP contribution in [-0.2, 0) is 9.59 Å². The molecule has 9 heteroatoms. The summed E-state index contributed by atoms with van der Waals surface area (Å²) in [6.07, 6.45) is 5.64. The van der Waals surface area contributed by atoms with Crippen molar-refractivity contribution in [2.45, 2.75) is 36.2 Å². The van der Waals surface area contributed by atoms with Crippen LogP contribution in [0.25, 0.3) is 11.4 Å². The molecule has 1 aliphatic carbocycles. The number of carbonyl (C=O) groups is 2. The minimum atomic E-state index is -0.424. The zero-order chi connectivity index (χ0) is 20.7. The first kappa shape index (κ1) is 18.8. The molecule has 2 amide bonds. The van der Waals surface area contributed by atoms with Gasteiger partial charge in [-0.15, -0.1) is 10.2 Å². The molecule has 1 saturated carbocycles. The maximum Gasteiger partial charge on any atom is 0.244 e. The monoisotopic (exact) mass is 420 g/mol. The first-order chi connectivity index (χ1) is 14.6. The molecule has 8 nitrogen and oxygen atoms in total. The predicted molar refractivity (Wildman–Crippen MR) is 114 cm³/mol. The largest absolute Gasteiger partial charge is 0.323 e. The van der Waals surface area contributed by atoms with Gasteiger partial charge in [0.1, 0.15) is 6.54 Å². The third kappa shape index (κ3) is 3.45. The summed E-state index contributed by atoms with van der Waals surface area (Å²) in [5, 5.41) is 11.9.